The van der Waals surface area contributed by atoms with Crippen molar-refractivity contribution in [3.05, 3.63) is 58.6 Å². The highest BCUT2D eigenvalue weighted by Crippen LogP contribution is 2.33. The van der Waals surface area contributed by atoms with Gasteiger partial charge in [-0.3, -0.25) is 9.59 Å². The maximum atomic E-state index is 13.8. The topological polar surface area (TPSA) is 109 Å². The summed E-state index contributed by atoms with van der Waals surface area (Å²) in [4.78, 5) is 34.1. The van der Waals surface area contributed by atoms with Gasteiger partial charge in [-0.25, -0.2) is 4.98 Å². The molecule has 0 unspecified atom stereocenters. The van der Waals surface area contributed by atoms with E-state index in [0.717, 1.165) is 27.4 Å². The number of amides is 2. The molecule has 2 aromatic heterocycles. The van der Waals surface area contributed by atoms with Gasteiger partial charge >= 0.3 is 0 Å². The first-order valence-electron chi connectivity index (χ1n) is 13.1. The van der Waals surface area contributed by atoms with Gasteiger partial charge in [0.1, 0.15) is 17.7 Å². The van der Waals surface area contributed by atoms with Gasteiger partial charge in [0.15, 0.2) is 0 Å². The summed E-state index contributed by atoms with van der Waals surface area (Å²) in [5.41, 5.74) is 5.43. The third-order valence-corrected chi connectivity index (χ3v) is 8.16. The monoisotopic (exact) mass is 538 g/mol. The van der Waals surface area contributed by atoms with Crippen LogP contribution in [0.15, 0.2) is 40.4 Å². The number of benzene rings is 1. The summed E-state index contributed by atoms with van der Waals surface area (Å²) in [5.74, 6) is -0.700. The summed E-state index contributed by atoms with van der Waals surface area (Å²) in [6.45, 7) is 14.0. The van der Waals surface area contributed by atoms with Gasteiger partial charge in [0.05, 0.1) is 33.9 Å². The Kier molecular flexibility index (Phi) is 8.09. The van der Waals surface area contributed by atoms with Crippen molar-refractivity contribution in [1.29, 1.82) is 0 Å². The van der Waals surface area contributed by atoms with E-state index < -0.39 is 18.1 Å². The zero-order valence-electron chi connectivity index (χ0n) is 23.2. The minimum atomic E-state index is -0.764. The molecule has 8 nitrogen and oxygen atoms in total. The Morgan fingerprint density at radius 3 is 2.42 bits per heavy atom. The molecule has 0 spiro atoms. The predicted molar refractivity (Wildman–Crippen MR) is 148 cm³/mol. The molecule has 9 heteroatoms. The number of carbonyl (C=O) groups excluding carboxylic acids is 2. The Morgan fingerprint density at radius 1 is 1.18 bits per heavy atom. The molecule has 204 valence electrons. The summed E-state index contributed by atoms with van der Waals surface area (Å²) < 4.78 is 5.62. The molecule has 4 atom stereocenters. The second-order valence-electron chi connectivity index (χ2n) is 11.6. The van der Waals surface area contributed by atoms with Gasteiger partial charge in [-0.2, -0.15) is 0 Å². The van der Waals surface area contributed by atoms with Crippen molar-refractivity contribution in [1.82, 2.24) is 20.4 Å². The Morgan fingerprint density at radius 2 is 1.87 bits per heavy atom. The fourth-order valence-electron chi connectivity index (χ4n) is 4.90. The van der Waals surface area contributed by atoms with Gasteiger partial charge in [-0.05, 0) is 30.9 Å². The van der Waals surface area contributed by atoms with Crippen LogP contribution in [0, 0.1) is 12.8 Å². The van der Waals surface area contributed by atoms with Gasteiger partial charge in [0, 0.05) is 24.4 Å². The van der Waals surface area contributed by atoms with Crippen LogP contribution in [0.2, 0.25) is 0 Å². The molecular formula is C29H38N4O4S. The quantitative estimate of drug-likeness (QED) is 0.439. The van der Waals surface area contributed by atoms with Gasteiger partial charge in [-0.1, -0.05) is 64.0 Å². The lowest BCUT2D eigenvalue weighted by Crippen LogP contribution is -2.48. The first-order chi connectivity index (χ1) is 17.9. The lowest BCUT2D eigenvalue weighted by Gasteiger charge is -2.29. The fourth-order valence-corrected chi connectivity index (χ4v) is 5.72. The molecule has 38 heavy (non-hydrogen) atoms. The SMILES string of the molecule is Cc1ncsc1-c1ccc([C@H](C)NC(=O)[C@@H]2C[C@@H](O)CN2C(=O)[C@H](c2cc(C(C)(C)C)no2)C(C)C)cc1. The first kappa shape index (κ1) is 28.0. The van der Waals surface area contributed by atoms with Crippen LogP contribution in [-0.2, 0) is 15.0 Å². The minimum absolute atomic E-state index is 0.0793. The number of aromatic nitrogens is 2. The lowest BCUT2D eigenvalue weighted by molar-refractivity contribution is -0.141. The number of rotatable bonds is 7. The summed E-state index contributed by atoms with van der Waals surface area (Å²) in [5, 5.41) is 17.7. The predicted octanol–water partition coefficient (Wildman–Crippen LogP) is 4.98. The summed E-state index contributed by atoms with van der Waals surface area (Å²) >= 11 is 1.60. The van der Waals surface area contributed by atoms with Crippen molar-refractivity contribution in [2.75, 3.05) is 6.54 Å². The molecule has 3 aromatic rings. The third kappa shape index (κ3) is 5.83. The van der Waals surface area contributed by atoms with Crippen molar-refractivity contribution < 1.29 is 19.2 Å². The van der Waals surface area contributed by atoms with Crippen molar-refractivity contribution in [3.8, 4) is 10.4 Å². The van der Waals surface area contributed by atoms with Crippen LogP contribution >= 0.6 is 11.3 Å². The second kappa shape index (κ2) is 11.0. The van der Waals surface area contributed by atoms with Crippen molar-refractivity contribution in [2.45, 2.75) is 84.4 Å². The molecule has 0 radical (unpaired) electrons. The van der Waals surface area contributed by atoms with Gasteiger partial charge < -0.3 is 19.8 Å². The van der Waals surface area contributed by atoms with Gasteiger partial charge in [0.25, 0.3) is 0 Å². The highest BCUT2D eigenvalue weighted by molar-refractivity contribution is 7.13. The maximum Gasteiger partial charge on any atom is 0.243 e. The number of nitrogens with one attached hydrogen (secondary N) is 1. The number of aliphatic hydroxyl groups excluding tert-OH is 1. The smallest absolute Gasteiger partial charge is 0.243 e. The first-order valence-corrected chi connectivity index (χ1v) is 14.0. The molecule has 4 rings (SSSR count). The van der Waals surface area contributed by atoms with E-state index >= 15 is 0 Å². The van der Waals surface area contributed by atoms with Crippen LogP contribution in [0.4, 0.5) is 0 Å². The molecule has 3 heterocycles. The van der Waals surface area contributed by atoms with Gasteiger partial charge in [-0.15, -0.1) is 11.3 Å². The number of nitrogens with zero attached hydrogens (tertiary/aromatic N) is 3. The Bertz CT molecular complexity index is 1270. The lowest BCUT2D eigenvalue weighted by atomic mass is 9.88. The van der Waals surface area contributed by atoms with E-state index in [1.54, 1.807) is 11.3 Å². The molecule has 0 saturated carbocycles. The average molecular weight is 539 g/mol. The van der Waals surface area contributed by atoms with Crippen LogP contribution in [0.1, 0.15) is 82.6 Å². The number of thiazole rings is 1. The van der Waals surface area contributed by atoms with Crippen LogP contribution in [0.25, 0.3) is 10.4 Å². The van der Waals surface area contributed by atoms with E-state index in [9.17, 15) is 14.7 Å². The third-order valence-electron chi connectivity index (χ3n) is 7.18. The summed E-state index contributed by atoms with van der Waals surface area (Å²) in [6.07, 6.45) is -0.567. The van der Waals surface area contributed by atoms with E-state index in [4.69, 9.17) is 4.52 Å². The number of aryl methyl sites for hydroxylation is 1. The molecule has 1 aromatic carbocycles. The molecule has 1 saturated heterocycles. The van der Waals surface area contributed by atoms with Crippen LogP contribution < -0.4 is 5.32 Å². The maximum absolute atomic E-state index is 13.8. The largest absolute Gasteiger partial charge is 0.391 e. The normalized spacial score (nSPS) is 19.6. The number of hydrogen-bond acceptors (Lipinski definition) is 7. The number of hydrogen-bond donors (Lipinski definition) is 2. The van der Waals surface area contributed by atoms with E-state index in [2.05, 4.69) is 15.5 Å². The summed E-state index contributed by atoms with van der Waals surface area (Å²) in [7, 11) is 0. The Balaban J connectivity index is 1.49. The van der Waals surface area contributed by atoms with E-state index in [-0.39, 0.29) is 42.2 Å². The number of β-amino-alcohol motifs (C(OH)–C–C–N with tert-alkyl or cyclic N) is 1. The van der Waals surface area contributed by atoms with Crippen molar-refractivity contribution in [3.63, 3.8) is 0 Å². The van der Waals surface area contributed by atoms with Crippen molar-refractivity contribution >= 4 is 23.2 Å². The molecule has 1 fully saturated rings. The molecule has 2 amide bonds. The standard InChI is InChI=1S/C29H38N4O4S/c1-16(2)25(23-13-24(32-37-23)29(5,6)7)28(36)33-14-21(34)12-22(33)27(35)31-17(3)19-8-10-20(11-9-19)26-18(4)30-15-38-26/h8-11,13,15-17,21-22,25,34H,12,14H2,1-7H3,(H,31,35)/t17-,21+,22-,25-/m0/s1. The number of aliphatic hydroxyl groups is 1. The zero-order valence-corrected chi connectivity index (χ0v) is 24.0. The van der Waals surface area contributed by atoms with Crippen LogP contribution in [0.3, 0.4) is 0 Å². The van der Waals surface area contributed by atoms with Crippen LogP contribution in [0.5, 0.6) is 0 Å². The number of likely N-dealkylation sites (tertiary alicyclic amines) is 1. The van der Waals surface area contributed by atoms with E-state index in [1.807, 2.05) is 84.3 Å². The second-order valence-corrected chi connectivity index (χ2v) is 12.5. The zero-order chi connectivity index (χ0) is 27.8. The number of carbonyl (C=O) groups is 2. The highest BCUT2D eigenvalue weighted by Gasteiger charge is 2.43. The molecule has 2 N–H and O–H groups in total. The molecule has 1 aliphatic rings. The molecular weight excluding hydrogens is 500 g/mol. The van der Waals surface area contributed by atoms with E-state index in [1.165, 1.54) is 4.90 Å². The average Bonchev–Trinajstić information content (AvgIpc) is 3.58. The van der Waals surface area contributed by atoms with Crippen molar-refractivity contribution in [2.24, 2.45) is 5.92 Å². The summed E-state index contributed by atoms with van der Waals surface area (Å²) in [6, 6.07) is 8.87. The van der Waals surface area contributed by atoms with E-state index in [0.29, 0.717) is 5.76 Å². The van der Waals surface area contributed by atoms with Crippen LogP contribution in [-0.4, -0.2) is 50.7 Å². The molecule has 1 aliphatic heterocycles. The fraction of sp³-hybridized carbons (Fsp3) is 0.517. The minimum Gasteiger partial charge on any atom is -0.391 e. The highest BCUT2D eigenvalue weighted by atomic mass is 32.1. The molecule has 0 aliphatic carbocycles. The molecule has 0 bridgehead atoms. The van der Waals surface area contributed by atoms with Gasteiger partial charge in [0.2, 0.25) is 11.8 Å². The Hall–Kier alpha value is -3.04. The Labute approximate surface area is 228 Å².